The normalized spacial score (nSPS) is 51.7. The van der Waals surface area contributed by atoms with Crippen molar-refractivity contribution in [2.24, 2.45) is 0 Å². The Bertz CT molecular complexity index is 393. The van der Waals surface area contributed by atoms with Gasteiger partial charge in [-0.1, -0.05) is 0 Å². The molecule has 0 spiro atoms. The lowest BCUT2D eigenvalue weighted by Gasteiger charge is -2.45. The van der Waals surface area contributed by atoms with Crippen LogP contribution in [0.5, 0.6) is 0 Å². The predicted octanol–water partition coefficient (Wildman–Crippen LogP) is -5.40. The quantitative estimate of drug-likeness (QED) is 0.243. The molecule has 3 unspecified atom stereocenters. The molecular weight excluding hydrogens is 320 g/mol. The van der Waals surface area contributed by atoms with E-state index in [-0.39, 0.29) is 0 Å². The largest absolute Gasteiger partial charge is 0.394 e. The van der Waals surface area contributed by atoms with Crippen molar-refractivity contribution >= 4 is 0 Å². The minimum Gasteiger partial charge on any atom is -0.394 e. The molecule has 136 valence electrons. The van der Waals surface area contributed by atoms with Crippen LogP contribution in [-0.4, -0.2) is 115 Å². The Morgan fingerprint density at radius 1 is 0.957 bits per heavy atom. The third-order valence-electron chi connectivity index (χ3n) is 4.05. The van der Waals surface area contributed by atoms with E-state index >= 15 is 0 Å². The van der Waals surface area contributed by atoms with E-state index in [4.69, 9.17) is 24.4 Å². The molecule has 9 atom stereocenters. The maximum Gasteiger partial charge on any atom is 0.218 e. The van der Waals surface area contributed by atoms with E-state index < -0.39 is 74.6 Å². The molecule has 0 aliphatic carbocycles. The molecule has 11 nitrogen and oxygen atoms in total. The third-order valence-corrected chi connectivity index (χ3v) is 4.05. The summed E-state index contributed by atoms with van der Waals surface area (Å²) < 4.78 is 15.2. The molecule has 2 rings (SSSR count). The van der Waals surface area contributed by atoms with E-state index in [1.165, 1.54) is 0 Å². The Kier molecular flexibility index (Phi) is 5.92. The van der Waals surface area contributed by atoms with Gasteiger partial charge < -0.3 is 55.1 Å². The lowest BCUT2D eigenvalue weighted by atomic mass is 9.96. The highest BCUT2D eigenvalue weighted by molar-refractivity contribution is 4.94. The molecular formula is C12H22O11. The smallest absolute Gasteiger partial charge is 0.218 e. The molecule has 0 aromatic heterocycles. The molecule has 0 aromatic rings. The summed E-state index contributed by atoms with van der Waals surface area (Å²) in [5.41, 5.74) is 0. The molecule has 0 aromatic carbocycles. The molecule has 2 aliphatic rings. The van der Waals surface area contributed by atoms with Gasteiger partial charge in [-0.15, -0.1) is 0 Å². The second-order valence-electron chi connectivity index (χ2n) is 5.62. The zero-order chi connectivity index (χ0) is 17.4. The summed E-state index contributed by atoms with van der Waals surface area (Å²) in [4.78, 5) is 0. The first kappa shape index (κ1) is 18.9. The van der Waals surface area contributed by atoms with Gasteiger partial charge in [0, 0.05) is 0 Å². The number of rotatable bonds is 4. The van der Waals surface area contributed by atoms with Crippen LogP contribution >= 0.6 is 0 Å². The van der Waals surface area contributed by atoms with E-state index in [0.717, 1.165) is 0 Å². The minimum atomic E-state index is -2.35. The first-order valence-electron chi connectivity index (χ1n) is 7.04. The molecule has 8 N–H and O–H groups in total. The van der Waals surface area contributed by atoms with Crippen molar-refractivity contribution in [1.82, 2.24) is 0 Å². The molecule has 2 heterocycles. The summed E-state index contributed by atoms with van der Waals surface area (Å²) in [6.45, 7) is -2.07. The number of hydrogen-bond acceptors (Lipinski definition) is 11. The standard InChI is InChI=1S/C12H22O11/c13-1-4-6(15)8(17)9(18)11(22-4)23-5-2-21-12(20,3-14)10(19)7(5)16/h4-11,13-20H,1-3H2/t4?,5-,6-,7+,8+,9?,10?,11-,12-/m1/s1. The average molecular weight is 342 g/mol. The van der Waals surface area contributed by atoms with E-state index in [1.54, 1.807) is 0 Å². The lowest BCUT2D eigenvalue weighted by Crippen LogP contribution is -2.65. The molecule has 11 heteroatoms. The molecule has 2 fully saturated rings. The zero-order valence-electron chi connectivity index (χ0n) is 12.0. The molecule has 23 heavy (non-hydrogen) atoms. The molecule has 0 saturated carbocycles. The lowest BCUT2D eigenvalue weighted by molar-refractivity contribution is -0.367. The summed E-state index contributed by atoms with van der Waals surface area (Å²) in [6, 6.07) is 0. The third kappa shape index (κ3) is 3.50. The Labute approximate surface area is 130 Å². The van der Waals surface area contributed by atoms with Gasteiger partial charge in [0.25, 0.3) is 0 Å². The zero-order valence-corrected chi connectivity index (χ0v) is 12.0. The van der Waals surface area contributed by atoms with Crippen LogP contribution in [-0.2, 0) is 14.2 Å². The van der Waals surface area contributed by atoms with Gasteiger partial charge in [0.1, 0.15) is 42.7 Å². The van der Waals surface area contributed by atoms with Crippen molar-refractivity contribution in [3.8, 4) is 0 Å². The fourth-order valence-corrected chi connectivity index (χ4v) is 2.49. The number of hydrogen-bond donors (Lipinski definition) is 8. The van der Waals surface area contributed by atoms with Crippen LogP contribution in [0.15, 0.2) is 0 Å². The van der Waals surface area contributed by atoms with Gasteiger partial charge in [-0.3, -0.25) is 0 Å². The Morgan fingerprint density at radius 2 is 1.61 bits per heavy atom. The summed E-state index contributed by atoms with van der Waals surface area (Å²) in [7, 11) is 0. The summed E-state index contributed by atoms with van der Waals surface area (Å²) in [5.74, 6) is -2.35. The molecule has 2 saturated heterocycles. The highest BCUT2D eigenvalue weighted by atomic mass is 16.7. The second kappa shape index (κ2) is 7.21. The van der Waals surface area contributed by atoms with Crippen LogP contribution in [0.1, 0.15) is 0 Å². The fraction of sp³-hybridized carbons (Fsp3) is 1.00. The average Bonchev–Trinajstić information content (AvgIpc) is 2.55. The van der Waals surface area contributed by atoms with Crippen molar-refractivity contribution in [3.05, 3.63) is 0 Å². The maximum absolute atomic E-state index is 9.94. The first-order chi connectivity index (χ1) is 10.7. The van der Waals surface area contributed by atoms with Gasteiger partial charge in [0.2, 0.25) is 5.79 Å². The Balaban J connectivity index is 2.04. The SMILES string of the molecule is OCC1O[C@H](O[C@@H]2CO[C@](O)(CO)C(O)[C@H]2O)C(O)[C@@H](O)[C@@H]1O. The van der Waals surface area contributed by atoms with Crippen molar-refractivity contribution in [2.75, 3.05) is 19.8 Å². The fourth-order valence-electron chi connectivity index (χ4n) is 2.49. The first-order valence-corrected chi connectivity index (χ1v) is 7.04. The maximum atomic E-state index is 9.94. The number of aliphatic hydroxyl groups is 8. The van der Waals surface area contributed by atoms with Gasteiger partial charge in [-0.2, -0.15) is 0 Å². The van der Waals surface area contributed by atoms with E-state index in [9.17, 15) is 30.6 Å². The van der Waals surface area contributed by atoms with Crippen LogP contribution in [0.3, 0.4) is 0 Å². The second-order valence-corrected chi connectivity index (χ2v) is 5.62. The van der Waals surface area contributed by atoms with Crippen LogP contribution in [0.2, 0.25) is 0 Å². The van der Waals surface area contributed by atoms with Crippen LogP contribution in [0, 0.1) is 0 Å². The van der Waals surface area contributed by atoms with E-state index in [0.29, 0.717) is 0 Å². The van der Waals surface area contributed by atoms with Crippen LogP contribution < -0.4 is 0 Å². The molecule has 0 amide bonds. The summed E-state index contributed by atoms with van der Waals surface area (Å²) >= 11 is 0. The van der Waals surface area contributed by atoms with E-state index in [2.05, 4.69) is 0 Å². The molecule has 2 aliphatic heterocycles. The molecule has 0 radical (unpaired) electrons. The van der Waals surface area contributed by atoms with Gasteiger partial charge in [0.05, 0.1) is 19.8 Å². The highest BCUT2D eigenvalue weighted by Gasteiger charge is 2.51. The summed E-state index contributed by atoms with van der Waals surface area (Å²) in [6.07, 6.45) is -12.5. The van der Waals surface area contributed by atoms with Crippen molar-refractivity contribution < 1.29 is 55.1 Å². The monoisotopic (exact) mass is 342 g/mol. The van der Waals surface area contributed by atoms with Gasteiger partial charge in [-0.05, 0) is 0 Å². The van der Waals surface area contributed by atoms with Crippen LogP contribution in [0.4, 0.5) is 0 Å². The number of aliphatic hydroxyl groups excluding tert-OH is 7. The van der Waals surface area contributed by atoms with Crippen molar-refractivity contribution in [1.29, 1.82) is 0 Å². The summed E-state index contributed by atoms with van der Waals surface area (Å²) in [5, 5.41) is 76.6. The highest BCUT2D eigenvalue weighted by Crippen LogP contribution is 2.29. The topological polar surface area (TPSA) is 190 Å². The minimum absolute atomic E-state index is 0.454. The van der Waals surface area contributed by atoms with Crippen LogP contribution in [0.25, 0.3) is 0 Å². The predicted molar refractivity (Wildman–Crippen MR) is 68.6 cm³/mol. The molecule has 0 bridgehead atoms. The Morgan fingerprint density at radius 3 is 2.17 bits per heavy atom. The number of ether oxygens (including phenoxy) is 3. The van der Waals surface area contributed by atoms with Crippen molar-refractivity contribution in [2.45, 2.75) is 54.8 Å². The van der Waals surface area contributed by atoms with Gasteiger partial charge in [0.15, 0.2) is 6.29 Å². The van der Waals surface area contributed by atoms with Gasteiger partial charge in [-0.25, -0.2) is 0 Å². The van der Waals surface area contributed by atoms with Crippen molar-refractivity contribution in [3.63, 3.8) is 0 Å². The van der Waals surface area contributed by atoms with Gasteiger partial charge >= 0.3 is 0 Å². The van der Waals surface area contributed by atoms with E-state index in [1.807, 2.05) is 0 Å². The Hall–Kier alpha value is -0.440.